The topological polar surface area (TPSA) is 38.3 Å². The Bertz CT molecular complexity index is 358. The molecule has 1 aliphatic heterocycles. The second kappa shape index (κ2) is 5.82. The van der Waals surface area contributed by atoms with E-state index in [2.05, 4.69) is 24.4 Å². The molecular formula is C14H19NO2. The van der Waals surface area contributed by atoms with Gasteiger partial charge in [-0.2, -0.15) is 0 Å². The normalized spacial score (nSPS) is 21.1. The summed E-state index contributed by atoms with van der Waals surface area (Å²) in [6.45, 7) is 3.36. The molecule has 1 saturated heterocycles. The molecule has 1 heterocycles. The van der Waals surface area contributed by atoms with Crippen LogP contribution >= 0.6 is 0 Å². The number of carbonyl (C=O) groups excluding carboxylic acids is 1. The molecule has 92 valence electrons. The van der Waals surface area contributed by atoms with Crippen molar-refractivity contribution in [1.82, 2.24) is 5.32 Å². The fraction of sp³-hybridized carbons (Fsp3) is 0.500. The second-order valence-electron chi connectivity index (χ2n) is 4.44. The van der Waals surface area contributed by atoms with Crippen LogP contribution in [0.25, 0.3) is 0 Å². The third-order valence-corrected chi connectivity index (χ3v) is 3.23. The van der Waals surface area contributed by atoms with Gasteiger partial charge in [-0.05, 0) is 18.4 Å². The van der Waals surface area contributed by atoms with Gasteiger partial charge in [-0.25, -0.2) is 0 Å². The van der Waals surface area contributed by atoms with Crippen molar-refractivity contribution >= 4 is 5.91 Å². The quantitative estimate of drug-likeness (QED) is 0.866. The molecule has 1 aromatic rings. The molecule has 2 atom stereocenters. The van der Waals surface area contributed by atoms with E-state index in [0.29, 0.717) is 13.2 Å². The third-order valence-electron chi connectivity index (χ3n) is 3.23. The highest BCUT2D eigenvalue weighted by Gasteiger charge is 2.25. The summed E-state index contributed by atoms with van der Waals surface area (Å²) in [5.41, 5.74) is 1.17. The molecule has 1 unspecified atom stereocenters. The molecule has 0 bridgehead atoms. The van der Waals surface area contributed by atoms with Crippen molar-refractivity contribution in [3.8, 4) is 0 Å². The number of carbonyl (C=O) groups is 1. The first kappa shape index (κ1) is 12.1. The van der Waals surface area contributed by atoms with Gasteiger partial charge in [0.2, 0.25) is 5.91 Å². The van der Waals surface area contributed by atoms with Crippen LogP contribution in [-0.2, 0) is 9.53 Å². The molecule has 2 rings (SSSR count). The maximum absolute atomic E-state index is 12.0. The average molecular weight is 233 g/mol. The Morgan fingerprint density at radius 1 is 1.47 bits per heavy atom. The van der Waals surface area contributed by atoms with Gasteiger partial charge in [-0.15, -0.1) is 0 Å². The zero-order valence-corrected chi connectivity index (χ0v) is 10.2. The molecule has 0 radical (unpaired) electrons. The van der Waals surface area contributed by atoms with E-state index in [4.69, 9.17) is 4.74 Å². The number of hydrogen-bond donors (Lipinski definition) is 1. The van der Waals surface area contributed by atoms with E-state index in [-0.39, 0.29) is 17.9 Å². The minimum Gasteiger partial charge on any atom is -0.381 e. The Kier molecular flexibility index (Phi) is 4.15. The number of nitrogens with one attached hydrogen (secondary N) is 1. The lowest BCUT2D eigenvalue weighted by Crippen LogP contribution is -2.34. The van der Waals surface area contributed by atoms with Crippen molar-refractivity contribution in [3.63, 3.8) is 0 Å². The van der Waals surface area contributed by atoms with Crippen LogP contribution in [0.1, 0.15) is 31.4 Å². The summed E-state index contributed by atoms with van der Waals surface area (Å²) in [6, 6.07) is 10.2. The fourth-order valence-electron chi connectivity index (χ4n) is 2.14. The van der Waals surface area contributed by atoms with Crippen molar-refractivity contribution in [1.29, 1.82) is 0 Å². The molecular weight excluding hydrogens is 214 g/mol. The first-order valence-electron chi connectivity index (χ1n) is 6.24. The number of rotatable bonds is 4. The molecule has 0 spiro atoms. The van der Waals surface area contributed by atoms with Gasteiger partial charge in [0.05, 0.1) is 18.6 Å². The van der Waals surface area contributed by atoms with Gasteiger partial charge in [0.1, 0.15) is 0 Å². The molecule has 1 aromatic carbocycles. The van der Waals surface area contributed by atoms with Gasteiger partial charge in [0, 0.05) is 6.61 Å². The Labute approximate surface area is 102 Å². The maximum atomic E-state index is 12.0. The van der Waals surface area contributed by atoms with Gasteiger partial charge in [0.25, 0.3) is 0 Å². The smallest absolute Gasteiger partial charge is 0.226 e. The molecule has 3 nitrogen and oxygen atoms in total. The van der Waals surface area contributed by atoms with Crippen molar-refractivity contribution in [2.24, 2.45) is 5.92 Å². The Morgan fingerprint density at radius 2 is 2.24 bits per heavy atom. The Balaban J connectivity index is 1.97. The van der Waals surface area contributed by atoms with Gasteiger partial charge in [0.15, 0.2) is 0 Å². The summed E-state index contributed by atoms with van der Waals surface area (Å²) < 4.78 is 5.24. The van der Waals surface area contributed by atoms with Crippen LogP contribution in [0.4, 0.5) is 0 Å². The molecule has 3 heteroatoms. The standard InChI is InChI=1S/C14H19NO2/c1-2-13(11-6-4-3-5-7-11)15-14(16)12-8-9-17-10-12/h3-7,12-13H,2,8-10H2,1H3,(H,15,16)/t12?,13-/m1/s1. The van der Waals surface area contributed by atoms with Crippen LogP contribution in [0, 0.1) is 5.92 Å². The lowest BCUT2D eigenvalue weighted by atomic mass is 10.0. The number of hydrogen-bond acceptors (Lipinski definition) is 2. The SMILES string of the molecule is CC[C@@H](NC(=O)C1CCOC1)c1ccccc1. The molecule has 17 heavy (non-hydrogen) atoms. The van der Waals surface area contributed by atoms with E-state index in [1.807, 2.05) is 18.2 Å². The lowest BCUT2D eigenvalue weighted by molar-refractivity contribution is -0.125. The fourth-order valence-corrected chi connectivity index (χ4v) is 2.14. The van der Waals surface area contributed by atoms with Gasteiger partial charge in [-0.1, -0.05) is 37.3 Å². The first-order chi connectivity index (χ1) is 8.31. The zero-order chi connectivity index (χ0) is 12.1. The highest BCUT2D eigenvalue weighted by molar-refractivity contribution is 5.79. The van der Waals surface area contributed by atoms with Crippen molar-refractivity contribution < 1.29 is 9.53 Å². The van der Waals surface area contributed by atoms with E-state index in [1.165, 1.54) is 5.56 Å². The maximum Gasteiger partial charge on any atom is 0.226 e. The third kappa shape index (κ3) is 3.07. The van der Waals surface area contributed by atoms with E-state index in [1.54, 1.807) is 0 Å². The van der Waals surface area contributed by atoms with Crippen molar-refractivity contribution in [2.75, 3.05) is 13.2 Å². The van der Waals surface area contributed by atoms with Crippen LogP contribution in [-0.4, -0.2) is 19.1 Å². The minimum atomic E-state index is 0.0350. The van der Waals surface area contributed by atoms with Crippen molar-refractivity contribution in [2.45, 2.75) is 25.8 Å². The molecule has 0 aliphatic carbocycles. The summed E-state index contributed by atoms with van der Waals surface area (Å²) >= 11 is 0. The van der Waals surface area contributed by atoms with Crippen LogP contribution in [0.5, 0.6) is 0 Å². The van der Waals surface area contributed by atoms with Gasteiger partial charge >= 0.3 is 0 Å². The molecule has 0 saturated carbocycles. The van der Waals surface area contributed by atoms with Gasteiger partial charge in [-0.3, -0.25) is 4.79 Å². The van der Waals surface area contributed by atoms with Crippen molar-refractivity contribution in [3.05, 3.63) is 35.9 Å². The van der Waals surface area contributed by atoms with Gasteiger partial charge < -0.3 is 10.1 Å². The van der Waals surface area contributed by atoms with E-state index in [9.17, 15) is 4.79 Å². The van der Waals surface area contributed by atoms with E-state index >= 15 is 0 Å². The highest BCUT2D eigenvalue weighted by atomic mass is 16.5. The van der Waals surface area contributed by atoms with E-state index in [0.717, 1.165) is 12.8 Å². The molecule has 1 fully saturated rings. The predicted octanol–water partition coefficient (Wildman–Crippen LogP) is 2.29. The molecule has 1 N–H and O–H groups in total. The number of ether oxygens (including phenoxy) is 1. The summed E-state index contributed by atoms with van der Waals surface area (Å²) in [7, 11) is 0. The monoisotopic (exact) mass is 233 g/mol. The highest BCUT2D eigenvalue weighted by Crippen LogP contribution is 2.19. The Hall–Kier alpha value is -1.35. The predicted molar refractivity (Wildman–Crippen MR) is 66.5 cm³/mol. The summed E-state index contributed by atoms with van der Waals surface area (Å²) in [5, 5.41) is 3.11. The largest absolute Gasteiger partial charge is 0.381 e. The zero-order valence-electron chi connectivity index (χ0n) is 10.2. The second-order valence-corrected chi connectivity index (χ2v) is 4.44. The summed E-state index contributed by atoms with van der Waals surface area (Å²) in [6.07, 6.45) is 1.75. The molecule has 1 aliphatic rings. The minimum absolute atomic E-state index is 0.0350. The molecule has 0 aromatic heterocycles. The number of amides is 1. The average Bonchev–Trinajstić information content (AvgIpc) is 2.90. The van der Waals surface area contributed by atoms with Crippen LogP contribution in [0.3, 0.4) is 0 Å². The summed E-state index contributed by atoms with van der Waals surface area (Å²) in [4.78, 5) is 12.0. The van der Waals surface area contributed by atoms with E-state index < -0.39 is 0 Å². The molecule has 1 amide bonds. The lowest BCUT2D eigenvalue weighted by Gasteiger charge is -2.19. The first-order valence-corrected chi connectivity index (χ1v) is 6.24. The number of benzene rings is 1. The summed E-state index contributed by atoms with van der Waals surface area (Å²) in [5.74, 6) is 0.158. The van der Waals surface area contributed by atoms with Crippen LogP contribution in [0.2, 0.25) is 0 Å². The Morgan fingerprint density at radius 3 is 2.82 bits per heavy atom. The van der Waals surface area contributed by atoms with Crippen LogP contribution in [0.15, 0.2) is 30.3 Å². The van der Waals surface area contributed by atoms with Crippen LogP contribution < -0.4 is 5.32 Å².